The Morgan fingerprint density at radius 3 is 2.48 bits per heavy atom. The van der Waals surface area contributed by atoms with E-state index in [0.717, 1.165) is 19.4 Å². The summed E-state index contributed by atoms with van der Waals surface area (Å²) < 4.78 is 8.80. The molecular weight excluding hydrogens is 426 g/mol. The van der Waals surface area contributed by atoms with Crippen molar-refractivity contribution in [1.82, 2.24) is 29.8 Å². The molecule has 0 amide bonds. The van der Waals surface area contributed by atoms with Crippen LogP contribution in [0.15, 0.2) is 21.9 Å². The Labute approximate surface area is 193 Å². The summed E-state index contributed by atoms with van der Waals surface area (Å²) >= 11 is 0. The first kappa shape index (κ1) is 25.1. The van der Waals surface area contributed by atoms with E-state index in [2.05, 4.69) is 32.7 Å². The number of nitrogens with zero attached hydrogens (tertiary/aromatic N) is 5. The minimum absolute atomic E-state index is 0.239. The maximum atomic E-state index is 12.1. The summed E-state index contributed by atoms with van der Waals surface area (Å²) in [6.07, 6.45) is 13.3. The number of aliphatic hydroxyl groups is 1. The number of H-pyrrole nitrogens is 1. The van der Waals surface area contributed by atoms with Crippen molar-refractivity contribution in [2.45, 2.75) is 95.9 Å². The minimum atomic E-state index is -0.629. The van der Waals surface area contributed by atoms with Gasteiger partial charge in [-0.3, -0.25) is 14.3 Å². The fourth-order valence-electron chi connectivity index (χ4n) is 4.31. The van der Waals surface area contributed by atoms with Gasteiger partial charge in [-0.1, -0.05) is 69.8 Å². The first-order chi connectivity index (χ1) is 16.1. The van der Waals surface area contributed by atoms with E-state index in [1.54, 1.807) is 4.68 Å². The van der Waals surface area contributed by atoms with Crippen LogP contribution in [0.2, 0.25) is 0 Å². The fraction of sp³-hybridized carbons (Fsp3) is 0.773. The first-order valence-corrected chi connectivity index (χ1v) is 12.2. The maximum absolute atomic E-state index is 12.1. The highest BCUT2D eigenvalue weighted by atomic mass is 16.5. The van der Waals surface area contributed by atoms with Crippen LogP contribution in [0.25, 0.3) is 0 Å². The summed E-state index contributed by atoms with van der Waals surface area (Å²) in [5.41, 5.74) is -1.02. The molecule has 3 rings (SSSR count). The number of rotatable bonds is 15. The molecule has 0 radical (unpaired) electrons. The summed E-state index contributed by atoms with van der Waals surface area (Å²) in [5, 5.41) is 25.0. The lowest BCUT2D eigenvalue weighted by atomic mass is 10.1. The Kier molecular flexibility index (Phi) is 10.1. The largest absolute Gasteiger partial charge is 0.394 e. The van der Waals surface area contributed by atoms with Crippen LogP contribution in [0.5, 0.6) is 0 Å². The zero-order chi connectivity index (χ0) is 23.5. The number of aromatic amines is 1. The van der Waals surface area contributed by atoms with Crippen LogP contribution in [0.4, 0.5) is 5.95 Å². The van der Waals surface area contributed by atoms with E-state index in [-0.39, 0.29) is 12.6 Å². The zero-order valence-electron chi connectivity index (χ0n) is 19.5. The molecule has 0 unspecified atom stereocenters. The molecule has 33 heavy (non-hydrogen) atoms. The Balaban J connectivity index is 1.44. The number of aliphatic hydroxyl groups excluding tert-OH is 1. The Bertz CT molecular complexity index is 941. The molecule has 1 saturated heterocycles. The van der Waals surface area contributed by atoms with Crippen molar-refractivity contribution in [2.75, 3.05) is 18.5 Å². The third-order valence-corrected chi connectivity index (χ3v) is 6.17. The molecule has 11 nitrogen and oxygen atoms in total. The van der Waals surface area contributed by atoms with Crippen molar-refractivity contribution in [3.05, 3.63) is 33.1 Å². The van der Waals surface area contributed by atoms with Gasteiger partial charge in [0, 0.05) is 25.2 Å². The predicted octanol–water partition coefficient (Wildman–Crippen LogP) is 2.38. The zero-order valence-corrected chi connectivity index (χ0v) is 19.5. The van der Waals surface area contributed by atoms with Gasteiger partial charge in [-0.15, -0.1) is 0 Å². The van der Waals surface area contributed by atoms with Gasteiger partial charge in [0.1, 0.15) is 12.3 Å². The topological polar surface area (TPSA) is 140 Å². The third-order valence-electron chi connectivity index (χ3n) is 6.17. The number of tetrazole rings is 1. The van der Waals surface area contributed by atoms with Gasteiger partial charge in [0.25, 0.3) is 5.56 Å². The summed E-state index contributed by atoms with van der Waals surface area (Å²) in [6.45, 7) is 2.76. The van der Waals surface area contributed by atoms with Crippen molar-refractivity contribution >= 4 is 5.95 Å². The van der Waals surface area contributed by atoms with E-state index in [1.165, 1.54) is 68.2 Å². The minimum Gasteiger partial charge on any atom is -0.394 e. The lowest BCUT2D eigenvalue weighted by Gasteiger charge is -2.17. The number of hydrogen-bond donors (Lipinski definition) is 3. The first-order valence-electron chi connectivity index (χ1n) is 12.2. The van der Waals surface area contributed by atoms with Crippen LogP contribution >= 0.6 is 0 Å². The van der Waals surface area contributed by atoms with Gasteiger partial charge in [-0.2, -0.15) is 0 Å². The number of nitrogens with one attached hydrogen (secondary N) is 2. The summed E-state index contributed by atoms with van der Waals surface area (Å²) in [6, 6.07) is 0.923. The molecule has 2 aromatic heterocycles. The molecular formula is C22H37N7O4. The molecule has 0 spiro atoms. The number of unbranched alkanes of at least 4 members (excludes halogenated alkanes) is 9. The number of ether oxygens (including phenoxy) is 1. The lowest BCUT2D eigenvalue weighted by molar-refractivity contribution is -0.0321. The van der Waals surface area contributed by atoms with Crippen LogP contribution in [-0.4, -0.2) is 54.1 Å². The molecule has 0 bridgehead atoms. The molecule has 11 heteroatoms. The molecule has 1 aliphatic heterocycles. The fourth-order valence-corrected chi connectivity index (χ4v) is 4.31. The number of aromatic nitrogens is 6. The predicted molar refractivity (Wildman–Crippen MR) is 124 cm³/mol. The average molecular weight is 464 g/mol. The van der Waals surface area contributed by atoms with Crippen molar-refractivity contribution in [1.29, 1.82) is 0 Å². The molecule has 1 aliphatic rings. The van der Waals surface area contributed by atoms with Gasteiger partial charge >= 0.3 is 5.69 Å². The van der Waals surface area contributed by atoms with Crippen molar-refractivity contribution in [3.8, 4) is 0 Å². The quantitative estimate of drug-likeness (QED) is 0.342. The SMILES string of the molecule is CCCCCCCCCCCCNc1nnnn1[C@H]1C[C@H](n2ccc(=O)[nH]c2=O)O[C@@H]1CO. The molecule has 2 aromatic rings. The van der Waals surface area contributed by atoms with Gasteiger partial charge in [0.2, 0.25) is 5.95 Å². The number of hydrogen-bond acceptors (Lipinski definition) is 8. The van der Waals surface area contributed by atoms with Crippen LogP contribution in [0.1, 0.15) is 89.8 Å². The van der Waals surface area contributed by atoms with Gasteiger partial charge < -0.3 is 15.2 Å². The van der Waals surface area contributed by atoms with E-state index in [4.69, 9.17) is 4.74 Å². The van der Waals surface area contributed by atoms with E-state index in [9.17, 15) is 14.7 Å². The average Bonchev–Trinajstić information content (AvgIpc) is 3.44. The summed E-state index contributed by atoms with van der Waals surface area (Å²) in [7, 11) is 0. The van der Waals surface area contributed by atoms with Gasteiger partial charge in [0.15, 0.2) is 0 Å². The normalized spacial score (nSPS) is 20.4. The second-order valence-electron chi connectivity index (χ2n) is 8.69. The Hall–Kier alpha value is -2.53. The highest BCUT2D eigenvalue weighted by Gasteiger charge is 2.39. The Morgan fingerprint density at radius 2 is 1.82 bits per heavy atom. The van der Waals surface area contributed by atoms with Crippen LogP contribution in [-0.2, 0) is 4.74 Å². The standard InChI is InChI=1S/C22H37N7O4/c1-2-3-4-5-6-7-8-9-10-11-13-23-21-25-26-27-29(21)17-15-20(33-18(17)16-30)28-14-12-19(31)24-22(28)32/h12,14,17-18,20,30H,2-11,13,15-16H2,1H3,(H,23,25,27)(H,24,31,32)/t17-,18+,20+/m0/s1. The highest BCUT2D eigenvalue weighted by molar-refractivity contribution is 5.22. The maximum Gasteiger partial charge on any atom is 0.330 e. The van der Waals surface area contributed by atoms with Crippen molar-refractivity contribution < 1.29 is 9.84 Å². The second-order valence-corrected chi connectivity index (χ2v) is 8.69. The van der Waals surface area contributed by atoms with Crippen LogP contribution in [0, 0.1) is 0 Å². The summed E-state index contributed by atoms with van der Waals surface area (Å²) in [4.78, 5) is 25.7. The Morgan fingerprint density at radius 1 is 1.12 bits per heavy atom. The molecule has 184 valence electrons. The van der Waals surface area contributed by atoms with E-state index in [1.807, 2.05) is 0 Å². The molecule has 3 atom stereocenters. The molecule has 0 aromatic carbocycles. The highest BCUT2D eigenvalue weighted by Crippen LogP contribution is 2.36. The second kappa shape index (κ2) is 13.2. The molecule has 3 N–H and O–H groups in total. The van der Waals surface area contributed by atoms with Gasteiger partial charge in [0.05, 0.1) is 12.6 Å². The van der Waals surface area contributed by atoms with Crippen molar-refractivity contribution in [3.63, 3.8) is 0 Å². The monoisotopic (exact) mass is 463 g/mol. The van der Waals surface area contributed by atoms with Gasteiger partial charge in [-0.05, 0) is 16.8 Å². The smallest absolute Gasteiger partial charge is 0.330 e. The van der Waals surface area contributed by atoms with E-state index in [0.29, 0.717) is 12.4 Å². The van der Waals surface area contributed by atoms with Crippen molar-refractivity contribution in [2.24, 2.45) is 0 Å². The molecule has 0 saturated carbocycles. The number of anilines is 1. The summed E-state index contributed by atoms with van der Waals surface area (Å²) in [5.74, 6) is 0.521. The molecule has 0 aliphatic carbocycles. The van der Waals surface area contributed by atoms with E-state index < -0.39 is 23.6 Å². The lowest BCUT2D eigenvalue weighted by Crippen LogP contribution is -2.31. The third kappa shape index (κ3) is 7.23. The van der Waals surface area contributed by atoms with Crippen LogP contribution in [0.3, 0.4) is 0 Å². The van der Waals surface area contributed by atoms with Gasteiger partial charge in [-0.25, -0.2) is 9.48 Å². The van der Waals surface area contributed by atoms with Crippen LogP contribution < -0.4 is 16.6 Å². The molecule has 1 fully saturated rings. The molecule has 3 heterocycles. The van der Waals surface area contributed by atoms with E-state index >= 15 is 0 Å².